The fourth-order valence-electron chi connectivity index (χ4n) is 1.71. The molecule has 0 amide bonds. The van der Waals surface area contributed by atoms with E-state index >= 15 is 0 Å². The molecule has 0 atom stereocenters. The van der Waals surface area contributed by atoms with Gasteiger partial charge in [-0.2, -0.15) is 5.26 Å². The van der Waals surface area contributed by atoms with Crippen molar-refractivity contribution in [3.63, 3.8) is 0 Å². The van der Waals surface area contributed by atoms with Crippen molar-refractivity contribution in [2.24, 2.45) is 0 Å². The van der Waals surface area contributed by atoms with Crippen LogP contribution in [0.4, 0.5) is 5.69 Å². The molecule has 0 aliphatic rings. The molecule has 1 aromatic carbocycles. The number of anilines is 1. The van der Waals surface area contributed by atoms with E-state index in [-0.39, 0.29) is 5.54 Å². The summed E-state index contributed by atoms with van der Waals surface area (Å²) in [4.78, 5) is 2.69. The van der Waals surface area contributed by atoms with Crippen LogP contribution in [0.25, 0.3) is 6.08 Å². The van der Waals surface area contributed by atoms with E-state index < -0.39 is 0 Å². The van der Waals surface area contributed by atoms with E-state index in [4.69, 9.17) is 4.74 Å². The number of nitrogens with zero attached hydrogens (tertiary/aromatic N) is 2. The molecule has 1 aromatic rings. The molecule has 0 bridgehead atoms. The third-order valence-corrected chi connectivity index (χ3v) is 4.27. The number of nitriles is 1. The first-order valence-corrected chi connectivity index (χ1v) is 9.43. The molecule has 0 aliphatic carbocycles. The lowest BCUT2D eigenvalue weighted by molar-refractivity contribution is 0.173. The van der Waals surface area contributed by atoms with E-state index in [0.29, 0.717) is 11.5 Å². The minimum Gasteiger partial charge on any atom is -0.385 e. The molecule has 0 unspecified atom stereocenters. The SMILES string of the molecule is CCC.COCCC(C)(C)NS/C(C#N)=C/c1ccc(N(C)C)cc1. The number of ether oxygens (including phenoxy) is 1. The Morgan fingerprint density at radius 3 is 2.28 bits per heavy atom. The maximum atomic E-state index is 9.29. The molecule has 25 heavy (non-hydrogen) atoms. The molecule has 4 nitrogen and oxygen atoms in total. The Bertz CT molecular complexity index is 545. The van der Waals surface area contributed by atoms with E-state index in [9.17, 15) is 5.26 Å². The van der Waals surface area contributed by atoms with Crippen molar-refractivity contribution >= 4 is 23.7 Å². The molecule has 0 saturated carbocycles. The van der Waals surface area contributed by atoms with Crippen LogP contribution in [0.15, 0.2) is 29.2 Å². The quantitative estimate of drug-likeness (QED) is 0.515. The second kappa shape index (κ2) is 12.8. The Hall–Kier alpha value is -1.48. The zero-order valence-electron chi connectivity index (χ0n) is 16.7. The molecule has 0 aromatic heterocycles. The van der Waals surface area contributed by atoms with Gasteiger partial charge in [-0.25, -0.2) is 0 Å². The normalized spacial score (nSPS) is 11.4. The summed E-state index contributed by atoms with van der Waals surface area (Å²) >= 11 is 1.37. The number of allylic oxidation sites excluding steroid dienone is 1. The first-order chi connectivity index (χ1) is 11.8. The van der Waals surface area contributed by atoms with Gasteiger partial charge in [0.15, 0.2) is 0 Å². The lowest BCUT2D eigenvalue weighted by Crippen LogP contribution is -2.35. The van der Waals surface area contributed by atoms with Crippen LogP contribution in [0.2, 0.25) is 0 Å². The van der Waals surface area contributed by atoms with E-state index in [2.05, 4.69) is 38.5 Å². The van der Waals surface area contributed by atoms with Gasteiger partial charge >= 0.3 is 0 Å². The van der Waals surface area contributed by atoms with Crippen LogP contribution < -0.4 is 9.62 Å². The molecule has 0 spiro atoms. The summed E-state index contributed by atoms with van der Waals surface area (Å²) in [5.74, 6) is 0. The molecule has 0 fully saturated rings. The van der Waals surface area contributed by atoms with E-state index in [0.717, 1.165) is 17.7 Å². The van der Waals surface area contributed by atoms with Crippen LogP contribution >= 0.6 is 11.9 Å². The number of nitrogens with one attached hydrogen (secondary N) is 1. The Balaban J connectivity index is 0.00000178. The zero-order chi connectivity index (χ0) is 19.3. The first kappa shape index (κ1) is 23.5. The van der Waals surface area contributed by atoms with Crippen molar-refractivity contribution in [1.82, 2.24) is 4.72 Å². The average Bonchev–Trinajstić information content (AvgIpc) is 2.58. The van der Waals surface area contributed by atoms with Gasteiger partial charge in [0.2, 0.25) is 0 Å². The van der Waals surface area contributed by atoms with Crippen molar-refractivity contribution in [2.45, 2.75) is 46.1 Å². The molecule has 140 valence electrons. The van der Waals surface area contributed by atoms with Crippen LogP contribution in [0.5, 0.6) is 0 Å². The van der Waals surface area contributed by atoms with Crippen molar-refractivity contribution < 1.29 is 4.74 Å². The molecule has 0 heterocycles. The number of methoxy groups -OCH3 is 1. The summed E-state index contributed by atoms with van der Waals surface area (Å²) < 4.78 is 8.44. The van der Waals surface area contributed by atoms with Crippen molar-refractivity contribution in [2.75, 3.05) is 32.7 Å². The van der Waals surface area contributed by atoms with Gasteiger partial charge in [0.25, 0.3) is 0 Å². The number of benzene rings is 1. The van der Waals surface area contributed by atoms with Gasteiger partial charge in [-0.05, 0) is 56.0 Å². The summed E-state index contributed by atoms with van der Waals surface area (Å²) in [6, 6.07) is 10.4. The third kappa shape index (κ3) is 10.9. The van der Waals surface area contributed by atoms with Crippen LogP contribution in [-0.4, -0.2) is 33.4 Å². The Morgan fingerprint density at radius 1 is 1.28 bits per heavy atom. The summed E-state index contributed by atoms with van der Waals surface area (Å²) in [5, 5.41) is 9.29. The number of hydrogen-bond donors (Lipinski definition) is 1. The highest BCUT2D eigenvalue weighted by Crippen LogP contribution is 2.22. The summed E-state index contributed by atoms with van der Waals surface area (Å²) in [5.41, 5.74) is 2.07. The van der Waals surface area contributed by atoms with Gasteiger partial charge in [-0.1, -0.05) is 32.4 Å². The van der Waals surface area contributed by atoms with Crippen LogP contribution in [-0.2, 0) is 4.74 Å². The maximum absolute atomic E-state index is 9.29. The Kier molecular flexibility index (Phi) is 12.1. The van der Waals surface area contributed by atoms with Gasteiger partial charge in [0, 0.05) is 39.0 Å². The van der Waals surface area contributed by atoms with E-state index in [1.807, 2.05) is 49.3 Å². The van der Waals surface area contributed by atoms with Gasteiger partial charge in [0.1, 0.15) is 11.0 Å². The molecular formula is C20H33N3OS. The monoisotopic (exact) mass is 363 g/mol. The highest BCUT2D eigenvalue weighted by Gasteiger charge is 2.17. The largest absolute Gasteiger partial charge is 0.385 e. The maximum Gasteiger partial charge on any atom is 0.107 e. The van der Waals surface area contributed by atoms with Crippen LogP contribution in [0.3, 0.4) is 0 Å². The Morgan fingerprint density at radius 2 is 1.84 bits per heavy atom. The van der Waals surface area contributed by atoms with Gasteiger partial charge in [-0.3, -0.25) is 4.72 Å². The Labute approximate surface area is 158 Å². The molecule has 1 N–H and O–H groups in total. The summed E-state index contributed by atoms with van der Waals surface area (Å²) in [7, 11) is 5.71. The van der Waals surface area contributed by atoms with Gasteiger partial charge in [0.05, 0.1) is 0 Å². The topological polar surface area (TPSA) is 48.3 Å². The minimum absolute atomic E-state index is 0.0919. The number of hydrogen-bond acceptors (Lipinski definition) is 5. The van der Waals surface area contributed by atoms with Crippen LogP contribution in [0, 0.1) is 11.3 Å². The smallest absolute Gasteiger partial charge is 0.107 e. The predicted molar refractivity (Wildman–Crippen MR) is 112 cm³/mol. The first-order valence-electron chi connectivity index (χ1n) is 8.61. The van der Waals surface area contributed by atoms with Crippen molar-refractivity contribution in [3.05, 3.63) is 34.7 Å². The molecule has 0 saturated heterocycles. The fraction of sp³-hybridized carbons (Fsp3) is 0.550. The van der Waals surface area contributed by atoms with Crippen LogP contribution in [0.1, 0.15) is 46.1 Å². The van der Waals surface area contributed by atoms with E-state index in [1.54, 1.807) is 7.11 Å². The standard InChI is InChI=1S/C17H25N3OS.C3H8/c1-17(2,10-11-21-5)19-22-16(13-18)12-14-6-8-15(9-7-14)20(3)4;1-3-2/h6-9,12,19H,10-11H2,1-5H3;3H2,1-2H3/b16-12+;. The molecule has 0 radical (unpaired) electrons. The fourth-order valence-corrected chi connectivity index (χ4v) is 2.43. The highest BCUT2D eigenvalue weighted by atomic mass is 32.2. The molecule has 1 rings (SSSR count). The van der Waals surface area contributed by atoms with Crippen molar-refractivity contribution in [3.8, 4) is 6.07 Å². The molecule has 5 heteroatoms. The lowest BCUT2D eigenvalue weighted by atomic mass is 10.0. The van der Waals surface area contributed by atoms with Crippen molar-refractivity contribution in [1.29, 1.82) is 5.26 Å². The zero-order valence-corrected chi connectivity index (χ0v) is 17.5. The molecular weight excluding hydrogens is 330 g/mol. The second-order valence-corrected chi connectivity index (χ2v) is 7.49. The lowest BCUT2D eigenvalue weighted by Gasteiger charge is -2.24. The average molecular weight is 364 g/mol. The summed E-state index contributed by atoms with van der Waals surface area (Å²) in [6.07, 6.45) is 4.02. The highest BCUT2D eigenvalue weighted by molar-refractivity contribution is 8.01. The third-order valence-electron chi connectivity index (χ3n) is 3.19. The predicted octanol–water partition coefficient (Wildman–Crippen LogP) is 5.09. The molecule has 0 aliphatic heterocycles. The number of rotatable bonds is 8. The van der Waals surface area contributed by atoms with Gasteiger partial charge < -0.3 is 9.64 Å². The summed E-state index contributed by atoms with van der Waals surface area (Å²) in [6.45, 7) is 9.14. The minimum atomic E-state index is -0.0919. The van der Waals surface area contributed by atoms with E-state index in [1.165, 1.54) is 18.4 Å². The second-order valence-electron chi connectivity index (χ2n) is 6.64. The van der Waals surface area contributed by atoms with Gasteiger partial charge in [-0.15, -0.1) is 0 Å².